The van der Waals surface area contributed by atoms with Crippen molar-refractivity contribution in [3.05, 3.63) is 65.0 Å². The van der Waals surface area contributed by atoms with Crippen molar-refractivity contribution in [1.29, 1.82) is 0 Å². The van der Waals surface area contributed by atoms with Crippen LogP contribution in [0.15, 0.2) is 42.9 Å². The van der Waals surface area contributed by atoms with Gasteiger partial charge in [-0.15, -0.1) is 0 Å². The highest BCUT2D eigenvalue weighted by Crippen LogP contribution is 2.20. The number of hydrogen-bond donors (Lipinski definition) is 2. The molecule has 8 nitrogen and oxygen atoms in total. The number of nitrogens with one attached hydrogen (secondary N) is 1. The molecule has 2 heterocycles. The lowest BCUT2D eigenvalue weighted by molar-refractivity contribution is -0.116. The van der Waals surface area contributed by atoms with Crippen LogP contribution in [-0.2, 0) is 17.9 Å². The molecule has 0 fully saturated rings. The highest BCUT2D eigenvalue weighted by atomic mass is 35.5. The number of hydrogen-bond acceptors (Lipinski definition) is 4. The normalized spacial score (nSPS) is 10.7. The number of carbonyl (C=O) groups excluding carboxylic acids is 1. The van der Waals surface area contributed by atoms with Gasteiger partial charge in [0, 0.05) is 23.0 Å². The van der Waals surface area contributed by atoms with Crippen LogP contribution < -0.4 is 5.32 Å². The summed E-state index contributed by atoms with van der Waals surface area (Å²) in [5.41, 5.74) is 0.578. The SMILES string of the molecule is O=C(Cn1nccc1C(=O)O)Nc1cnn(Cc2c(F)cccc2Cl)c1. The summed E-state index contributed by atoms with van der Waals surface area (Å²) in [4.78, 5) is 23.1. The molecule has 0 aliphatic carbocycles. The summed E-state index contributed by atoms with van der Waals surface area (Å²) in [5.74, 6) is -2.09. The Bertz CT molecular complexity index is 948. The van der Waals surface area contributed by atoms with Crippen molar-refractivity contribution in [2.45, 2.75) is 13.1 Å². The first-order chi connectivity index (χ1) is 12.4. The zero-order valence-corrected chi connectivity index (χ0v) is 14.0. The van der Waals surface area contributed by atoms with Gasteiger partial charge in [-0.25, -0.2) is 13.9 Å². The van der Waals surface area contributed by atoms with Crippen molar-refractivity contribution >= 4 is 29.2 Å². The fourth-order valence-electron chi connectivity index (χ4n) is 2.34. The lowest BCUT2D eigenvalue weighted by Crippen LogP contribution is -2.22. The average Bonchev–Trinajstić information content (AvgIpc) is 3.20. The summed E-state index contributed by atoms with van der Waals surface area (Å²) in [5, 5.41) is 19.7. The Morgan fingerprint density at radius 1 is 1.27 bits per heavy atom. The molecule has 0 spiro atoms. The first-order valence-electron chi connectivity index (χ1n) is 7.44. The monoisotopic (exact) mass is 377 g/mol. The Kier molecular flexibility index (Phi) is 4.99. The number of amides is 1. The van der Waals surface area contributed by atoms with Crippen LogP contribution in [0, 0.1) is 5.82 Å². The molecular formula is C16H13ClFN5O3. The number of aromatic carboxylic acids is 1. The Morgan fingerprint density at radius 2 is 2.08 bits per heavy atom. The van der Waals surface area contributed by atoms with Gasteiger partial charge in [0.15, 0.2) is 0 Å². The van der Waals surface area contributed by atoms with Crippen molar-refractivity contribution in [1.82, 2.24) is 19.6 Å². The Balaban J connectivity index is 1.66. The highest BCUT2D eigenvalue weighted by Gasteiger charge is 2.14. The van der Waals surface area contributed by atoms with Crippen LogP contribution in [0.4, 0.5) is 10.1 Å². The maximum Gasteiger partial charge on any atom is 0.354 e. The molecule has 10 heteroatoms. The second-order valence-electron chi connectivity index (χ2n) is 5.35. The third-order valence-electron chi connectivity index (χ3n) is 3.53. The first kappa shape index (κ1) is 17.6. The van der Waals surface area contributed by atoms with Crippen molar-refractivity contribution < 1.29 is 19.1 Å². The molecule has 3 aromatic rings. The van der Waals surface area contributed by atoms with E-state index < -0.39 is 17.7 Å². The zero-order chi connectivity index (χ0) is 18.7. The van der Waals surface area contributed by atoms with E-state index in [1.165, 1.54) is 41.5 Å². The van der Waals surface area contributed by atoms with Gasteiger partial charge in [-0.1, -0.05) is 17.7 Å². The fourth-order valence-corrected chi connectivity index (χ4v) is 2.56. The molecule has 1 aromatic carbocycles. The van der Waals surface area contributed by atoms with Gasteiger partial charge in [-0.2, -0.15) is 10.2 Å². The van der Waals surface area contributed by atoms with E-state index in [0.717, 1.165) is 4.68 Å². The second-order valence-corrected chi connectivity index (χ2v) is 5.76. The van der Waals surface area contributed by atoms with Crippen molar-refractivity contribution in [3.63, 3.8) is 0 Å². The Hall–Kier alpha value is -3.20. The number of carboxylic acid groups (broad SMARTS) is 1. The summed E-state index contributed by atoms with van der Waals surface area (Å²) in [6, 6.07) is 5.69. The summed E-state index contributed by atoms with van der Waals surface area (Å²) in [7, 11) is 0. The van der Waals surface area contributed by atoms with Gasteiger partial charge in [0.05, 0.1) is 18.4 Å². The zero-order valence-electron chi connectivity index (χ0n) is 13.3. The van der Waals surface area contributed by atoms with Crippen molar-refractivity contribution in [2.75, 3.05) is 5.32 Å². The third kappa shape index (κ3) is 3.89. The van der Waals surface area contributed by atoms with Gasteiger partial charge < -0.3 is 10.4 Å². The minimum Gasteiger partial charge on any atom is -0.477 e. The topological polar surface area (TPSA) is 102 Å². The summed E-state index contributed by atoms with van der Waals surface area (Å²) in [6.45, 7) is -0.164. The quantitative estimate of drug-likeness (QED) is 0.686. The van der Waals surface area contributed by atoms with Gasteiger partial charge in [0.1, 0.15) is 18.1 Å². The van der Waals surface area contributed by atoms with E-state index >= 15 is 0 Å². The van der Waals surface area contributed by atoms with Crippen LogP contribution in [-0.4, -0.2) is 36.5 Å². The molecule has 26 heavy (non-hydrogen) atoms. The molecule has 0 saturated heterocycles. The molecule has 0 radical (unpaired) electrons. The predicted octanol–water partition coefficient (Wildman–Crippen LogP) is 2.26. The smallest absolute Gasteiger partial charge is 0.354 e. The molecule has 1 amide bonds. The Morgan fingerprint density at radius 3 is 2.81 bits per heavy atom. The number of carboxylic acids is 1. The van der Waals surface area contributed by atoms with E-state index in [1.54, 1.807) is 6.07 Å². The molecule has 2 N–H and O–H groups in total. The Labute approximate surface area is 151 Å². The minimum atomic E-state index is -1.18. The van der Waals surface area contributed by atoms with Crippen LogP contribution in [0.2, 0.25) is 5.02 Å². The molecule has 0 aliphatic heterocycles. The van der Waals surface area contributed by atoms with Crippen LogP contribution in [0.3, 0.4) is 0 Å². The lowest BCUT2D eigenvalue weighted by Gasteiger charge is -2.06. The van der Waals surface area contributed by atoms with E-state index in [1.807, 2.05) is 0 Å². The number of rotatable bonds is 6. The molecule has 2 aromatic heterocycles. The number of benzene rings is 1. The summed E-state index contributed by atoms with van der Waals surface area (Å²) < 4.78 is 16.3. The van der Waals surface area contributed by atoms with Crippen LogP contribution in [0.1, 0.15) is 16.1 Å². The van der Waals surface area contributed by atoms with Gasteiger partial charge in [-0.3, -0.25) is 9.48 Å². The maximum atomic E-state index is 13.8. The number of halogens is 2. The molecule has 134 valence electrons. The lowest BCUT2D eigenvalue weighted by atomic mass is 10.2. The second kappa shape index (κ2) is 7.36. The minimum absolute atomic E-state index is 0.0926. The summed E-state index contributed by atoms with van der Waals surface area (Å²) in [6.07, 6.45) is 4.21. The van der Waals surface area contributed by atoms with E-state index in [9.17, 15) is 14.0 Å². The largest absolute Gasteiger partial charge is 0.477 e. The molecule has 0 atom stereocenters. The van der Waals surface area contributed by atoms with Gasteiger partial charge in [-0.05, 0) is 18.2 Å². The molecule has 3 rings (SSSR count). The fraction of sp³-hybridized carbons (Fsp3) is 0.125. The van der Waals surface area contributed by atoms with Crippen molar-refractivity contribution in [2.24, 2.45) is 0 Å². The van der Waals surface area contributed by atoms with Gasteiger partial charge in [0.2, 0.25) is 5.91 Å². The molecule has 0 saturated carbocycles. The number of carbonyl (C=O) groups is 2. The standard InChI is InChI=1S/C16H13ClFN5O3/c17-12-2-1-3-13(18)11(12)8-22-7-10(6-20-22)21-15(24)9-23-14(16(25)26)4-5-19-23/h1-7H,8-9H2,(H,21,24)(H,25,26). The van der Waals surface area contributed by atoms with Crippen LogP contribution in [0.25, 0.3) is 0 Å². The third-order valence-corrected chi connectivity index (χ3v) is 3.88. The van der Waals surface area contributed by atoms with Crippen LogP contribution in [0.5, 0.6) is 0 Å². The van der Waals surface area contributed by atoms with E-state index in [-0.39, 0.29) is 29.4 Å². The highest BCUT2D eigenvalue weighted by molar-refractivity contribution is 6.31. The molecule has 0 unspecified atom stereocenters. The van der Waals surface area contributed by atoms with Crippen molar-refractivity contribution in [3.8, 4) is 0 Å². The molecule has 0 aliphatic rings. The summed E-state index contributed by atoms with van der Waals surface area (Å²) >= 11 is 5.98. The number of aromatic nitrogens is 4. The maximum absolute atomic E-state index is 13.8. The number of nitrogens with zero attached hydrogens (tertiary/aromatic N) is 4. The average molecular weight is 378 g/mol. The predicted molar refractivity (Wildman–Crippen MR) is 90.6 cm³/mol. The van der Waals surface area contributed by atoms with Crippen LogP contribution >= 0.6 is 11.6 Å². The van der Waals surface area contributed by atoms with E-state index in [2.05, 4.69) is 15.5 Å². The van der Waals surface area contributed by atoms with E-state index in [0.29, 0.717) is 5.69 Å². The first-order valence-corrected chi connectivity index (χ1v) is 7.82. The number of anilines is 1. The molecule has 0 bridgehead atoms. The molecular weight excluding hydrogens is 365 g/mol. The van der Waals surface area contributed by atoms with Gasteiger partial charge in [0.25, 0.3) is 0 Å². The van der Waals surface area contributed by atoms with E-state index in [4.69, 9.17) is 16.7 Å². The van der Waals surface area contributed by atoms with Gasteiger partial charge >= 0.3 is 5.97 Å².